The monoisotopic (exact) mass is 281 g/mol. The van der Waals surface area contributed by atoms with Gasteiger partial charge in [-0.1, -0.05) is 6.92 Å². The summed E-state index contributed by atoms with van der Waals surface area (Å²) in [7, 11) is 3.66. The molecule has 0 radical (unpaired) electrons. The summed E-state index contributed by atoms with van der Waals surface area (Å²) in [6, 6.07) is -0.0302. The van der Waals surface area contributed by atoms with Crippen LogP contribution in [0.25, 0.3) is 0 Å². The Morgan fingerprint density at radius 2 is 2.05 bits per heavy atom. The number of nitrogen functional groups attached to an aromatic ring is 1. The SMILES string of the molecule is CCC(C)NC(=O)NCCc1nc(N)nc(N(C)C)n1. The van der Waals surface area contributed by atoms with Crippen LogP contribution in [0.2, 0.25) is 0 Å². The molecule has 4 N–H and O–H groups in total. The van der Waals surface area contributed by atoms with E-state index in [9.17, 15) is 4.79 Å². The van der Waals surface area contributed by atoms with Gasteiger partial charge in [-0.2, -0.15) is 15.0 Å². The molecular weight excluding hydrogens is 258 g/mol. The highest BCUT2D eigenvalue weighted by Crippen LogP contribution is 2.05. The molecule has 0 bridgehead atoms. The summed E-state index contributed by atoms with van der Waals surface area (Å²) in [5, 5.41) is 5.58. The molecule has 1 atom stereocenters. The van der Waals surface area contributed by atoms with Crippen LogP contribution in [0.3, 0.4) is 0 Å². The van der Waals surface area contributed by atoms with E-state index in [4.69, 9.17) is 5.73 Å². The van der Waals surface area contributed by atoms with Gasteiger partial charge in [-0.25, -0.2) is 4.79 Å². The number of hydrogen-bond donors (Lipinski definition) is 3. The van der Waals surface area contributed by atoms with Gasteiger partial charge in [0.05, 0.1) is 0 Å². The number of nitrogens with one attached hydrogen (secondary N) is 2. The molecule has 1 heterocycles. The summed E-state index contributed by atoms with van der Waals surface area (Å²) in [6.07, 6.45) is 1.39. The summed E-state index contributed by atoms with van der Waals surface area (Å²) in [5.41, 5.74) is 5.62. The lowest BCUT2D eigenvalue weighted by molar-refractivity contribution is 0.237. The highest BCUT2D eigenvalue weighted by atomic mass is 16.2. The van der Waals surface area contributed by atoms with Gasteiger partial charge < -0.3 is 21.3 Å². The Hall–Kier alpha value is -2.12. The first-order chi connectivity index (χ1) is 9.42. The van der Waals surface area contributed by atoms with Gasteiger partial charge in [0.1, 0.15) is 5.82 Å². The van der Waals surface area contributed by atoms with Gasteiger partial charge in [0.25, 0.3) is 0 Å². The molecule has 20 heavy (non-hydrogen) atoms. The fourth-order valence-electron chi connectivity index (χ4n) is 1.40. The number of aromatic nitrogens is 3. The number of amides is 2. The van der Waals surface area contributed by atoms with E-state index in [1.54, 1.807) is 4.90 Å². The van der Waals surface area contributed by atoms with Crippen molar-refractivity contribution in [2.45, 2.75) is 32.7 Å². The van der Waals surface area contributed by atoms with Gasteiger partial charge in [-0.05, 0) is 13.3 Å². The van der Waals surface area contributed by atoms with Crippen LogP contribution in [0, 0.1) is 0 Å². The van der Waals surface area contributed by atoms with Gasteiger partial charge in [0.15, 0.2) is 0 Å². The van der Waals surface area contributed by atoms with Crippen molar-refractivity contribution in [3.63, 3.8) is 0 Å². The molecule has 0 aliphatic rings. The van der Waals surface area contributed by atoms with Crippen molar-refractivity contribution in [2.24, 2.45) is 0 Å². The lowest BCUT2D eigenvalue weighted by Gasteiger charge is -2.13. The van der Waals surface area contributed by atoms with Crippen molar-refractivity contribution in [2.75, 3.05) is 31.3 Å². The number of carbonyl (C=O) groups excluding carboxylic acids is 1. The average molecular weight is 281 g/mol. The normalized spacial score (nSPS) is 11.8. The number of urea groups is 1. The van der Waals surface area contributed by atoms with Crippen LogP contribution in [0.15, 0.2) is 0 Å². The number of hydrogen-bond acceptors (Lipinski definition) is 6. The fourth-order valence-corrected chi connectivity index (χ4v) is 1.40. The second kappa shape index (κ2) is 7.46. The molecule has 0 spiro atoms. The third-order valence-electron chi connectivity index (χ3n) is 2.71. The minimum Gasteiger partial charge on any atom is -0.368 e. The Morgan fingerprint density at radius 1 is 1.35 bits per heavy atom. The minimum absolute atomic E-state index is 0.156. The van der Waals surface area contributed by atoms with E-state index in [0.29, 0.717) is 24.7 Å². The van der Waals surface area contributed by atoms with E-state index in [1.165, 1.54) is 0 Å². The Labute approximate surface area is 119 Å². The number of rotatable bonds is 6. The molecule has 0 aliphatic carbocycles. The first-order valence-electron chi connectivity index (χ1n) is 6.64. The van der Waals surface area contributed by atoms with Gasteiger partial charge in [-0.15, -0.1) is 0 Å². The van der Waals surface area contributed by atoms with Crippen LogP contribution in [0.1, 0.15) is 26.1 Å². The van der Waals surface area contributed by atoms with E-state index >= 15 is 0 Å². The summed E-state index contributed by atoms with van der Waals surface area (Å²) in [6.45, 7) is 4.41. The van der Waals surface area contributed by atoms with Gasteiger partial charge >= 0.3 is 6.03 Å². The van der Waals surface area contributed by atoms with Gasteiger partial charge in [0, 0.05) is 33.1 Å². The van der Waals surface area contributed by atoms with Crippen molar-refractivity contribution in [3.05, 3.63) is 5.82 Å². The maximum absolute atomic E-state index is 11.5. The molecule has 8 heteroatoms. The van der Waals surface area contributed by atoms with E-state index in [1.807, 2.05) is 27.9 Å². The van der Waals surface area contributed by atoms with Gasteiger partial charge in [0.2, 0.25) is 11.9 Å². The molecular formula is C12H23N7O. The highest BCUT2D eigenvalue weighted by molar-refractivity contribution is 5.74. The van der Waals surface area contributed by atoms with Crippen LogP contribution >= 0.6 is 0 Å². The van der Waals surface area contributed by atoms with Gasteiger partial charge in [-0.3, -0.25) is 0 Å². The Balaban J connectivity index is 2.48. The number of carbonyl (C=O) groups is 1. The second-order valence-electron chi connectivity index (χ2n) is 4.76. The third-order valence-corrected chi connectivity index (χ3v) is 2.71. The second-order valence-corrected chi connectivity index (χ2v) is 4.76. The quantitative estimate of drug-likeness (QED) is 0.685. The topological polar surface area (TPSA) is 109 Å². The van der Waals surface area contributed by atoms with Crippen molar-refractivity contribution < 1.29 is 4.79 Å². The number of nitrogens with two attached hydrogens (primary N) is 1. The molecule has 112 valence electrons. The Kier molecular flexibility index (Phi) is 5.95. The van der Waals surface area contributed by atoms with Crippen molar-refractivity contribution in [3.8, 4) is 0 Å². The zero-order valence-corrected chi connectivity index (χ0v) is 12.5. The average Bonchev–Trinajstić information content (AvgIpc) is 2.37. The maximum Gasteiger partial charge on any atom is 0.315 e. The lowest BCUT2D eigenvalue weighted by atomic mass is 10.3. The minimum atomic E-state index is -0.186. The first-order valence-corrected chi connectivity index (χ1v) is 6.64. The molecule has 8 nitrogen and oxygen atoms in total. The summed E-state index contributed by atoms with van der Waals surface area (Å²) >= 11 is 0. The number of nitrogens with zero attached hydrogens (tertiary/aromatic N) is 4. The van der Waals surface area contributed by atoms with E-state index in [0.717, 1.165) is 6.42 Å². The summed E-state index contributed by atoms with van der Waals surface area (Å²) in [5.74, 6) is 1.25. The molecule has 0 saturated heterocycles. The molecule has 1 aromatic heterocycles. The standard InChI is InChI=1S/C12H23N7O/c1-5-8(2)15-12(20)14-7-6-9-16-10(13)18-11(17-9)19(3)4/h8H,5-7H2,1-4H3,(H2,14,15,20)(H2,13,16,17,18). The molecule has 1 aromatic rings. The molecule has 1 rings (SSSR count). The maximum atomic E-state index is 11.5. The number of anilines is 2. The van der Waals surface area contributed by atoms with Crippen LogP contribution in [0.5, 0.6) is 0 Å². The first kappa shape index (κ1) is 15.9. The van der Waals surface area contributed by atoms with Crippen LogP contribution in [-0.2, 0) is 6.42 Å². The largest absolute Gasteiger partial charge is 0.368 e. The molecule has 1 unspecified atom stereocenters. The van der Waals surface area contributed by atoms with Crippen molar-refractivity contribution in [1.29, 1.82) is 0 Å². The zero-order valence-electron chi connectivity index (χ0n) is 12.5. The lowest BCUT2D eigenvalue weighted by Crippen LogP contribution is -2.41. The van der Waals surface area contributed by atoms with Crippen LogP contribution < -0.4 is 21.3 Å². The fraction of sp³-hybridized carbons (Fsp3) is 0.667. The van der Waals surface area contributed by atoms with Crippen molar-refractivity contribution >= 4 is 17.9 Å². The molecule has 0 saturated carbocycles. The zero-order chi connectivity index (χ0) is 15.1. The predicted octanol–water partition coefficient (Wildman–Crippen LogP) is 0.160. The third kappa shape index (κ3) is 5.25. The summed E-state index contributed by atoms with van der Waals surface area (Å²) < 4.78 is 0. The van der Waals surface area contributed by atoms with Crippen molar-refractivity contribution in [1.82, 2.24) is 25.6 Å². The smallest absolute Gasteiger partial charge is 0.315 e. The Bertz CT molecular complexity index is 449. The molecule has 0 fully saturated rings. The Morgan fingerprint density at radius 3 is 2.65 bits per heavy atom. The van der Waals surface area contributed by atoms with E-state index in [2.05, 4.69) is 25.6 Å². The molecule has 0 aromatic carbocycles. The molecule has 2 amide bonds. The van der Waals surface area contributed by atoms with Crippen LogP contribution in [0.4, 0.5) is 16.7 Å². The van der Waals surface area contributed by atoms with E-state index in [-0.39, 0.29) is 18.0 Å². The predicted molar refractivity (Wildman–Crippen MR) is 78.6 cm³/mol. The van der Waals surface area contributed by atoms with E-state index < -0.39 is 0 Å². The van der Waals surface area contributed by atoms with Crippen LogP contribution in [-0.4, -0.2) is 47.7 Å². The molecule has 0 aliphatic heterocycles. The highest BCUT2D eigenvalue weighted by Gasteiger charge is 2.08. The summed E-state index contributed by atoms with van der Waals surface area (Å²) in [4.78, 5) is 25.6.